The molecule has 2 atom stereocenters. The van der Waals surface area contributed by atoms with Crippen LogP contribution in [0.3, 0.4) is 0 Å². The molecule has 0 radical (unpaired) electrons. The number of benzene rings is 3. The van der Waals surface area contributed by atoms with Crippen LogP contribution in [0.2, 0.25) is 0 Å². The molecule has 1 aliphatic heterocycles. The average Bonchev–Trinajstić information content (AvgIpc) is 3.44. The lowest BCUT2D eigenvalue weighted by Crippen LogP contribution is -2.25. The average molecular weight is 518 g/mol. The molecule has 2 unspecified atom stereocenters. The summed E-state index contributed by atoms with van der Waals surface area (Å²) in [6, 6.07) is 15.0. The van der Waals surface area contributed by atoms with Crippen molar-refractivity contribution >= 4 is 33.9 Å². The summed E-state index contributed by atoms with van der Waals surface area (Å²) in [7, 11) is 0. The Morgan fingerprint density at radius 1 is 1.03 bits per heavy atom. The third kappa shape index (κ3) is 5.13. The van der Waals surface area contributed by atoms with Gasteiger partial charge in [0.15, 0.2) is 6.10 Å². The molecule has 8 nitrogen and oxygen atoms in total. The lowest BCUT2D eigenvalue weighted by atomic mass is 10.0. The highest BCUT2D eigenvalue weighted by Gasteiger charge is 2.31. The van der Waals surface area contributed by atoms with Crippen LogP contribution in [0.25, 0.3) is 11.0 Å². The highest BCUT2D eigenvalue weighted by molar-refractivity contribution is 8.15. The monoisotopic (exact) mass is 517 g/mol. The number of phenols is 1. The summed E-state index contributed by atoms with van der Waals surface area (Å²) >= 11 is 1.02. The standard InChI is InChI=1S/C28H27N3O5S/c1-14-11-23(15(2)16(3)25(14)32)36-20-9-10-21-22(13-20)30-26(29-21)17(4)35-19-7-5-18(6-8-19)12-24-27(33)31-28(34)37-24/h5-11,13,17,24,32H,12H2,1-4H3,(H,29,30)(H,31,33,34). The largest absolute Gasteiger partial charge is 0.507 e. The van der Waals surface area contributed by atoms with Crippen LogP contribution in [0.15, 0.2) is 48.5 Å². The Hall–Kier alpha value is -3.98. The van der Waals surface area contributed by atoms with Crippen LogP contribution < -0.4 is 14.8 Å². The first-order valence-electron chi connectivity index (χ1n) is 11.9. The van der Waals surface area contributed by atoms with Gasteiger partial charge in [0.05, 0.1) is 16.3 Å². The smallest absolute Gasteiger partial charge is 0.286 e. The number of nitrogens with zero attached hydrogens (tertiary/aromatic N) is 1. The molecule has 9 heteroatoms. The number of imide groups is 1. The van der Waals surface area contributed by atoms with E-state index in [0.29, 0.717) is 35.2 Å². The van der Waals surface area contributed by atoms with Crippen LogP contribution in [0.5, 0.6) is 23.0 Å². The summed E-state index contributed by atoms with van der Waals surface area (Å²) in [6.07, 6.45) is 0.149. The second-order valence-corrected chi connectivity index (χ2v) is 10.4. The van der Waals surface area contributed by atoms with E-state index < -0.39 is 5.25 Å². The molecule has 2 amide bonds. The summed E-state index contributed by atoms with van der Waals surface area (Å²) < 4.78 is 12.2. The maximum atomic E-state index is 11.8. The quantitative estimate of drug-likeness (QED) is 0.275. The fraction of sp³-hybridized carbons (Fsp3) is 0.250. The van der Waals surface area contributed by atoms with E-state index in [9.17, 15) is 14.7 Å². The van der Waals surface area contributed by atoms with Crippen LogP contribution in [-0.2, 0) is 11.2 Å². The number of aryl methyl sites for hydroxylation is 1. The summed E-state index contributed by atoms with van der Waals surface area (Å²) in [5.74, 6) is 2.76. The van der Waals surface area contributed by atoms with E-state index in [1.165, 1.54) is 0 Å². The Morgan fingerprint density at radius 3 is 2.46 bits per heavy atom. The molecular weight excluding hydrogens is 490 g/mol. The van der Waals surface area contributed by atoms with Gasteiger partial charge in [-0.15, -0.1) is 0 Å². The van der Waals surface area contributed by atoms with Gasteiger partial charge >= 0.3 is 0 Å². The molecular formula is C28H27N3O5S. The van der Waals surface area contributed by atoms with Crippen molar-refractivity contribution < 1.29 is 24.2 Å². The molecule has 1 fully saturated rings. The van der Waals surface area contributed by atoms with E-state index in [-0.39, 0.29) is 17.3 Å². The summed E-state index contributed by atoms with van der Waals surface area (Å²) in [5, 5.41) is 11.8. The molecule has 1 aliphatic rings. The number of carbonyl (C=O) groups excluding carboxylic acids is 2. The SMILES string of the molecule is Cc1cc(Oc2ccc3nc(C(C)Oc4ccc(CC5SC(=O)NC5=O)cc4)[nH]c3c2)c(C)c(C)c1O. The van der Waals surface area contributed by atoms with Gasteiger partial charge in [-0.3, -0.25) is 14.9 Å². The van der Waals surface area contributed by atoms with Gasteiger partial charge in [-0.1, -0.05) is 23.9 Å². The molecule has 3 N–H and O–H groups in total. The highest BCUT2D eigenvalue weighted by atomic mass is 32.2. The Kier molecular flexibility index (Phi) is 6.55. The van der Waals surface area contributed by atoms with Crippen molar-refractivity contribution in [1.82, 2.24) is 15.3 Å². The zero-order chi connectivity index (χ0) is 26.3. The number of fused-ring (bicyclic) bond motifs is 1. The molecule has 3 aromatic carbocycles. The van der Waals surface area contributed by atoms with Gasteiger partial charge in [-0.05, 0) is 86.7 Å². The van der Waals surface area contributed by atoms with Gasteiger partial charge in [0, 0.05) is 6.07 Å². The molecule has 190 valence electrons. The number of hydrogen-bond acceptors (Lipinski definition) is 7. The normalized spacial score (nSPS) is 16.2. The van der Waals surface area contributed by atoms with Crippen molar-refractivity contribution in [3.8, 4) is 23.0 Å². The zero-order valence-electron chi connectivity index (χ0n) is 20.9. The number of aromatic nitrogens is 2. The van der Waals surface area contributed by atoms with Gasteiger partial charge < -0.3 is 19.6 Å². The second-order valence-electron chi connectivity index (χ2n) is 9.18. The van der Waals surface area contributed by atoms with Crippen molar-refractivity contribution in [2.24, 2.45) is 0 Å². The fourth-order valence-electron chi connectivity index (χ4n) is 4.23. The third-order valence-corrected chi connectivity index (χ3v) is 7.50. The molecule has 1 saturated heterocycles. The zero-order valence-corrected chi connectivity index (χ0v) is 21.7. The number of H-pyrrole nitrogens is 1. The number of phenolic OH excluding ortho intramolecular Hbond substituents is 1. The third-order valence-electron chi connectivity index (χ3n) is 6.52. The van der Waals surface area contributed by atoms with Crippen LogP contribution in [0, 0.1) is 20.8 Å². The van der Waals surface area contributed by atoms with E-state index in [4.69, 9.17) is 9.47 Å². The van der Waals surface area contributed by atoms with E-state index in [1.54, 1.807) is 0 Å². The van der Waals surface area contributed by atoms with E-state index in [2.05, 4.69) is 15.3 Å². The van der Waals surface area contributed by atoms with Crippen LogP contribution in [0.1, 0.15) is 41.1 Å². The molecule has 2 heterocycles. The van der Waals surface area contributed by atoms with Crippen molar-refractivity contribution in [2.75, 3.05) is 0 Å². The van der Waals surface area contributed by atoms with Gasteiger partial charge in [0.2, 0.25) is 5.91 Å². The molecule has 0 bridgehead atoms. The number of hydrogen-bond donors (Lipinski definition) is 3. The Morgan fingerprint density at radius 2 is 1.76 bits per heavy atom. The van der Waals surface area contributed by atoms with Gasteiger partial charge in [0.25, 0.3) is 5.24 Å². The molecule has 0 aliphatic carbocycles. The topological polar surface area (TPSA) is 114 Å². The molecule has 0 saturated carbocycles. The first kappa shape index (κ1) is 24.7. The minimum absolute atomic E-state index is 0.245. The number of aromatic amines is 1. The predicted molar refractivity (Wildman–Crippen MR) is 143 cm³/mol. The Balaban J connectivity index is 1.27. The van der Waals surface area contributed by atoms with Crippen LogP contribution in [-0.4, -0.2) is 31.5 Å². The molecule has 0 spiro atoms. The number of nitrogens with one attached hydrogen (secondary N) is 2. The van der Waals surface area contributed by atoms with Crippen molar-refractivity contribution in [1.29, 1.82) is 0 Å². The van der Waals surface area contributed by atoms with Crippen molar-refractivity contribution in [3.05, 3.63) is 76.6 Å². The fourth-order valence-corrected chi connectivity index (χ4v) is 5.09. The Labute approximate surface area is 218 Å². The molecule has 5 rings (SSSR count). The van der Waals surface area contributed by atoms with Gasteiger partial charge in [-0.2, -0.15) is 0 Å². The number of aromatic hydroxyl groups is 1. The summed E-state index contributed by atoms with van der Waals surface area (Å²) in [4.78, 5) is 31.1. The maximum absolute atomic E-state index is 11.8. The van der Waals surface area contributed by atoms with E-state index in [0.717, 1.165) is 45.0 Å². The first-order valence-corrected chi connectivity index (χ1v) is 12.8. The maximum Gasteiger partial charge on any atom is 0.286 e. The summed E-state index contributed by atoms with van der Waals surface area (Å²) in [6.45, 7) is 7.56. The molecule has 1 aromatic heterocycles. The number of rotatable bonds is 7. The van der Waals surface area contributed by atoms with Crippen molar-refractivity contribution in [3.63, 3.8) is 0 Å². The first-order chi connectivity index (χ1) is 17.7. The Bertz CT molecular complexity index is 1510. The summed E-state index contributed by atoms with van der Waals surface area (Å²) in [5.41, 5.74) is 5.03. The second kappa shape index (κ2) is 9.82. The van der Waals surface area contributed by atoms with Crippen LogP contribution >= 0.6 is 11.8 Å². The number of amides is 2. The number of thioether (sulfide) groups is 1. The number of ether oxygens (including phenoxy) is 2. The van der Waals surface area contributed by atoms with E-state index >= 15 is 0 Å². The minimum Gasteiger partial charge on any atom is -0.507 e. The molecule has 37 heavy (non-hydrogen) atoms. The van der Waals surface area contributed by atoms with E-state index in [1.807, 2.05) is 76.2 Å². The lowest BCUT2D eigenvalue weighted by molar-refractivity contribution is -0.118. The number of carbonyl (C=O) groups is 2. The predicted octanol–water partition coefficient (Wildman–Crippen LogP) is 6.02. The van der Waals surface area contributed by atoms with Gasteiger partial charge in [0.1, 0.15) is 28.8 Å². The highest BCUT2D eigenvalue weighted by Crippen LogP contribution is 2.35. The van der Waals surface area contributed by atoms with Gasteiger partial charge in [-0.25, -0.2) is 4.98 Å². The lowest BCUT2D eigenvalue weighted by Gasteiger charge is -2.14. The molecule has 4 aromatic rings. The number of imidazole rings is 1. The van der Waals surface area contributed by atoms with Crippen molar-refractivity contribution in [2.45, 2.75) is 45.5 Å². The minimum atomic E-state index is -0.395. The van der Waals surface area contributed by atoms with Crippen LogP contribution in [0.4, 0.5) is 4.79 Å².